The molecular formula is C20H11BrN2O2. The van der Waals surface area contributed by atoms with Crippen molar-refractivity contribution in [2.75, 3.05) is 0 Å². The summed E-state index contributed by atoms with van der Waals surface area (Å²) in [5.41, 5.74) is 5.79. The Morgan fingerprint density at radius 1 is 0.960 bits per heavy atom. The van der Waals surface area contributed by atoms with Gasteiger partial charge in [-0.3, -0.25) is 4.79 Å². The highest BCUT2D eigenvalue weighted by molar-refractivity contribution is 9.10. The summed E-state index contributed by atoms with van der Waals surface area (Å²) in [5, 5.41) is 4.86. The van der Waals surface area contributed by atoms with E-state index in [-0.39, 0.29) is 5.78 Å². The fourth-order valence-corrected chi connectivity index (χ4v) is 3.73. The van der Waals surface area contributed by atoms with E-state index in [0.717, 1.165) is 32.2 Å². The van der Waals surface area contributed by atoms with Crippen LogP contribution in [0.15, 0.2) is 57.5 Å². The second-order valence-corrected chi connectivity index (χ2v) is 6.96. The summed E-state index contributed by atoms with van der Waals surface area (Å²) >= 11 is 3.46. The summed E-state index contributed by atoms with van der Waals surface area (Å²) in [4.78, 5) is 17.7. The third-order valence-corrected chi connectivity index (χ3v) is 5.11. The van der Waals surface area contributed by atoms with E-state index in [1.54, 1.807) is 0 Å². The molecule has 5 heteroatoms. The molecule has 25 heavy (non-hydrogen) atoms. The molecule has 2 aromatic carbocycles. The van der Waals surface area contributed by atoms with Crippen molar-refractivity contribution >= 4 is 32.8 Å². The zero-order chi connectivity index (χ0) is 17.1. The lowest BCUT2D eigenvalue weighted by molar-refractivity contribution is 0.104. The first-order valence-electron chi connectivity index (χ1n) is 7.85. The molecule has 0 atom stereocenters. The van der Waals surface area contributed by atoms with E-state index in [1.807, 2.05) is 55.5 Å². The lowest BCUT2D eigenvalue weighted by atomic mass is 9.94. The molecule has 0 unspecified atom stereocenters. The van der Waals surface area contributed by atoms with Crippen LogP contribution in [-0.2, 0) is 0 Å². The van der Waals surface area contributed by atoms with Crippen molar-refractivity contribution in [3.63, 3.8) is 0 Å². The van der Waals surface area contributed by atoms with Gasteiger partial charge in [0.05, 0.1) is 22.3 Å². The van der Waals surface area contributed by atoms with E-state index in [2.05, 4.69) is 26.1 Å². The molecule has 5 rings (SSSR count). The first-order valence-corrected chi connectivity index (χ1v) is 8.64. The molecule has 2 heterocycles. The maximum Gasteiger partial charge on any atom is 0.259 e. The fourth-order valence-electron chi connectivity index (χ4n) is 3.47. The number of rotatable bonds is 1. The maximum absolute atomic E-state index is 13.1. The number of benzene rings is 2. The van der Waals surface area contributed by atoms with Gasteiger partial charge < -0.3 is 4.52 Å². The van der Waals surface area contributed by atoms with Gasteiger partial charge in [0, 0.05) is 21.2 Å². The molecule has 4 aromatic rings. The van der Waals surface area contributed by atoms with Crippen molar-refractivity contribution in [1.82, 2.24) is 10.1 Å². The van der Waals surface area contributed by atoms with Crippen molar-refractivity contribution in [1.29, 1.82) is 0 Å². The number of carbonyl (C=O) groups excluding carboxylic acids is 1. The predicted octanol–water partition coefficient (Wildman–Crippen LogP) is 5.17. The van der Waals surface area contributed by atoms with Crippen LogP contribution in [0.2, 0.25) is 0 Å². The third-order valence-electron chi connectivity index (χ3n) is 4.58. The average Bonchev–Trinajstić information content (AvgIpc) is 3.14. The van der Waals surface area contributed by atoms with Crippen molar-refractivity contribution in [3.8, 4) is 22.4 Å². The SMILES string of the molecule is Cc1noc2nc3c(c(-c4ccc(Br)cc4)c12)C(=O)c1ccccc1-3. The van der Waals surface area contributed by atoms with Crippen molar-refractivity contribution in [2.24, 2.45) is 0 Å². The number of nitrogens with zero attached hydrogens (tertiary/aromatic N) is 2. The normalized spacial score (nSPS) is 12.5. The number of halogens is 1. The maximum atomic E-state index is 13.1. The van der Waals surface area contributed by atoms with Crippen molar-refractivity contribution < 1.29 is 9.32 Å². The highest BCUT2D eigenvalue weighted by Gasteiger charge is 2.33. The van der Waals surface area contributed by atoms with Crippen molar-refractivity contribution in [3.05, 3.63) is 69.8 Å². The first-order chi connectivity index (χ1) is 12.1. The summed E-state index contributed by atoms with van der Waals surface area (Å²) in [6, 6.07) is 15.5. The molecule has 1 aliphatic carbocycles. The van der Waals surface area contributed by atoms with Gasteiger partial charge in [0.1, 0.15) is 0 Å². The first kappa shape index (κ1) is 14.5. The zero-order valence-corrected chi connectivity index (χ0v) is 14.8. The molecule has 0 amide bonds. The standard InChI is InChI=1S/C20H11BrN2O2/c1-10-15-16(11-6-8-12(21)9-7-11)17-18(22-20(15)25-23-10)13-4-2-3-5-14(13)19(17)24/h2-9H,1H3. The highest BCUT2D eigenvalue weighted by atomic mass is 79.9. The van der Waals surface area contributed by atoms with Gasteiger partial charge in [0.15, 0.2) is 5.78 Å². The van der Waals surface area contributed by atoms with Gasteiger partial charge >= 0.3 is 0 Å². The molecule has 0 radical (unpaired) electrons. The number of carbonyl (C=O) groups is 1. The summed E-state index contributed by atoms with van der Waals surface area (Å²) < 4.78 is 6.41. The third kappa shape index (κ3) is 1.96. The number of aromatic nitrogens is 2. The van der Waals surface area contributed by atoms with Crippen LogP contribution in [0.5, 0.6) is 0 Å². The minimum Gasteiger partial charge on any atom is -0.336 e. The highest BCUT2D eigenvalue weighted by Crippen LogP contribution is 2.44. The predicted molar refractivity (Wildman–Crippen MR) is 98.5 cm³/mol. The van der Waals surface area contributed by atoms with Gasteiger partial charge in [-0.25, -0.2) is 4.98 Å². The Bertz CT molecular complexity index is 1180. The largest absolute Gasteiger partial charge is 0.336 e. The quantitative estimate of drug-likeness (QED) is 0.396. The minimum absolute atomic E-state index is 0.00137. The molecular weight excluding hydrogens is 380 g/mol. The van der Waals surface area contributed by atoms with Gasteiger partial charge in [-0.05, 0) is 24.6 Å². The summed E-state index contributed by atoms with van der Waals surface area (Å²) in [6.07, 6.45) is 0. The Morgan fingerprint density at radius 2 is 1.68 bits per heavy atom. The van der Waals surface area contributed by atoms with E-state index in [9.17, 15) is 4.79 Å². The van der Waals surface area contributed by atoms with Crippen LogP contribution >= 0.6 is 15.9 Å². The van der Waals surface area contributed by atoms with Crippen LogP contribution in [0.25, 0.3) is 33.5 Å². The van der Waals surface area contributed by atoms with E-state index in [0.29, 0.717) is 22.5 Å². The number of hydrogen-bond acceptors (Lipinski definition) is 4. The van der Waals surface area contributed by atoms with E-state index >= 15 is 0 Å². The number of ketones is 1. The van der Waals surface area contributed by atoms with Gasteiger partial charge in [-0.15, -0.1) is 0 Å². The van der Waals surface area contributed by atoms with E-state index < -0.39 is 0 Å². The molecule has 0 fully saturated rings. The Kier molecular flexibility index (Phi) is 2.97. The van der Waals surface area contributed by atoms with Gasteiger partial charge in [0.25, 0.3) is 5.71 Å². The second-order valence-electron chi connectivity index (χ2n) is 6.04. The molecule has 0 N–H and O–H groups in total. The second kappa shape index (κ2) is 5.10. The molecule has 0 aliphatic heterocycles. The van der Waals surface area contributed by atoms with Crippen LogP contribution in [0, 0.1) is 6.92 Å². The number of fused-ring (bicyclic) bond motifs is 4. The monoisotopic (exact) mass is 390 g/mol. The van der Waals surface area contributed by atoms with Gasteiger partial charge in [-0.2, -0.15) is 0 Å². The number of aryl methyl sites for hydroxylation is 1. The minimum atomic E-state index is -0.00137. The van der Waals surface area contributed by atoms with Gasteiger partial charge in [0.2, 0.25) is 0 Å². The molecule has 4 nitrogen and oxygen atoms in total. The molecule has 0 spiro atoms. The molecule has 1 aliphatic rings. The van der Waals surface area contributed by atoms with Gasteiger partial charge in [-0.1, -0.05) is 57.5 Å². The fraction of sp³-hybridized carbons (Fsp3) is 0.0500. The topological polar surface area (TPSA) is 56.0 Å². The average molecular weight is 391 g/mol. The van der Waals surface area contributed by atoms with Crippen molar-refractivity contribution in [2.45, 2.75) is 6.92 Å². The summed E-state index contributed by atoms with van der Waals surface area (Å²) in [7, 11) is 0. The smallest absolute Gasteiger partial charge is 0.259 e. The summed E-state index contributed by atoms with van der Waals surface area (Å²) in [5.74, 6) is -0.00137. The Hall–Kier alpha value is -2.79. The van der Waals surface area contributed by atoms with Crippen LogP contribution in [0.4, 0.5) is 0 Å². The molecule has 0 bridgehead atoms. The molecule has 0 saturated carbocycles. The Morgan fingerprint density at radius 3 is 2.44 bits per heavy atom. The van der Waals surface area contributed by atoms with Crippen LogP contribution in [-0.4, -0.2) is 15.9 Å². The van der Waals surface area contributed by atoms with E-state index in [4.69, 9.17) is 4.52 Å². The van der Waals surface area contributed by atoms with Crippen LogP contribution in [0.3, 0.4) is 0 Å². The molecule has 2 aromatic heterocycles. The molecule has 0 saturated heterocycles. The Labute approximate surface area is 151 Å². The lowest BCUT2D eigenvalue weighted by Gasteiger charge is -2.09. The molecule has 120 valence electrons. The summed E-state index contributed by atoms with van der Waals surface area (Å²) in [6.45, 7) is 1.87. The van der Waals surface area contributed by atoms with E-state index in [1.165, 1.54) is 0 Å². The lowest BCUT2D eigenvalue weighted by Crippen LogP contribution is -2.00. The van der Waals surface area contributed by atoms with Crippen LogP contribution < -0.4 is 0 Å². The Balaban J connectivity index is 1.95. The number of hydrogen-bond donors (Lipinski definition) is 0. The number of pyridine rings is 1. The van der Waals surface area contributed by atoms with Crippen LogP contribution in [0.1, 0.15) is 21.6 Å². The zero-order valence-electron chi connectivity index (χ0n) is 13.2.